The summed E-state index contributed by atoms with van der Waals surface area (Å²) in [4.78, 5) is 9.00. The van der Waals surface area contributed by atoms with Crippen LogP contribution in [0.2, 0.25) is 0 Å². The van der Waals surface area contributed by atoms with Gasteiger partial charge in [0, 0.05) is 50.8 Å². The molecule has 0 saturated carbocycles. The summed E-state index contributed by atoms with van der Waals surface area (Å²) in [6.07, 6.45) is 4.71. The van der Waals surface area contributed by atoms with Crippen molar-refractivity contribution >= 4 is 5.69 Å². The van der Waals surface area contributed by atoms with Crippen LogP contribution in [0.15, 0.2) is 73.1 Å². The monoisotopic (exact) mass is 391 g/mol. The molecule has 0 radical (unpaired) electrons. The third-order valence-electron chi connectivity index (χ3n) is 5.32. The lowest BCUT2D eigenvalue weighted by Crippen LogP contribution is -2.46. The highest BCUT2D eigenvalue weighted by Crippen LogP contribution is 2.23. The quantitative estimate of drug-likeness (QED) is 0.555. The van der Waals surface area contributed by atoms with Gasteiger partial charge in [-0.05, 0) is 53.9 Å². The fraction of sp³-hybridized carbons (Fsp3) is 0.292. The van der Waals surface area contributed by atoms with E-state index in [1.807, 2.05) is 36.7 Å². The Kier molecular flexibility index (Phi) is 6.37. The van der Waals surface area contributed by atoms with Crippen LogP contribution in [-0.4, -0.2) is 49.2 Å². The van der Waals surface area contributed by atoms with Gasteiger partial charge in [0.2, 0.25) is 0 Å². The average molecular weight is 391 g/mol. The van der Waals surface area contributed by atoms with Gasteiger partial charge in [0.05, 0.1) is 6.61 Å². The maximum atomic E-state index is 13.0. The second-order valence-corrected chi connectivity index (χ2v) is 7.27. The SMILES string of the molecule is Fc1ccc(-c2ccc(OCCCN3CCN(c4ccncc4)CC3)cc2)cc1. The zero-order valence-corrected chi connectivity index (χ0v) is 16.5. The zero-order chi connectivity index (χ0) is 19.9. The van der Waals surface area contributed by atoms with E-state index in [0.717, 1.165) is 56.0 Å². The van der Waals surface area contributed by atoms with Gasteiger partial charge >= 0.3 is 0 Å². The van der Waals surface area contributed by atoms with Gasteiger partial charge in [-0.2, -0.15) is 0 Å². The molecule has 1 saturated heterocycles. The minimum Gasteiger partial charge on any atom is -0.494 e. The van der Waals surface area contributed by atoms with Gasteiger partial charge in [0.15, 0.2) is 0 Å². The lowest BCUT2D eigenvalue weighted by atomic mass is 10.1. The van der Waals surface area contributed by atoms with Crippen LogP contribution >= 0.6 is 0 Å². The molecule has 4 nitrogen and oxygen atoms in total. The number of nitrogens with zero attached hydrogens (tertiary/aromatic N) is 3. The van der Waals surface area contributed by atoms with Crippen LogP contribution in [0, 0.1) is 5.82 Å². The molecule has 1 aliphatic rings. The van der Waals surface area contributed by atoms with Crippen molar-refractivity contribution in [1.29, 1.82) is 0 Å². The van der Waals surface area contributed by atoms with Crippen LogP contribution < -0.4 is 9.64 Å². The van der Waals surface area contributed by atoms with Crippen molar-refractivity contribution in [3.05, 3.63) is 78.9 Å². The zero-order valence-electron chi connectivity index (χ0n) is 16.5. The van der Waals surface area contributed by atoms with E-state index in [0.29, 0.717) is 6.61 Å². The van der Waals surface area contributed by atoms with E-state index in [-0.39, 0.29) is 5.82 Å². The number of piperazine rings is 1. The van der Waals surface area contributed by atoms with Crippen LogP contribution in [0.3, 0.4) is 0 Å². The molecule has 0 unspecified atom stereocenters. The number of hydrogen-bond acceptors (Lipinski definition) is 4. The smallest absolute Gasteiger partial charge is 0.123 e. The number of rotatable bonds is 7. The lowest BCUT2D eigenvalue weighted by molar-refractivity contribution is 0.225. The first-order valence-corrected chi connectivity index (χ1v) is 10.1. The Bertz CT molecular complexity index is 876. The molecule has 0 amide bonds. The number of aromatic nitrogens is 1. The molecule has 150 valence electrons. The first-order valence-electron chi connectivity index (χ1n) is 10.1. The molecular formula is C24H26FN3O. The van der Waals surface area contributed by atoms with Crippen molar-refractivity contribution in [3.63, 3.8) is 0 Å². The van der Waals surface area contributed by atoms with Crippen molar-refractivity contribution in [2.45, 2.75) is 6.42 Å². The number of ether oxygens (including phenoxy) is 1. The Morgan fingerprint density at radius 1 is 0.793 bits per heavy atom. The molecule has 0 spiro atoms. The standard InChI is InChI=1S/C24H26FN3O/c25-22-6-2-20(3-7-22)21-4-8-24(9-5-21)29-19-1-14-27-15-17-28(18-16-27)23-10-12-26-13-11-23/h2-13H,1,14-19H2. The summed E-state index contributed by atoms with van der Waals surface area (Å²) in [5.41, 5.74) is 3.32. The van der Waals surface area contributed by atoms with E-state index in [2.05, 4.69) is 26.9 Å². The van der Waals surface area contributed by atoms with Crippen molar-refractivity contribution in [1.82, 2.24) is 9.88 Å². The van der Waals surface area contributed by atoms with E-state index < -0.39 is 0 Å². The fourth-order valence-electron chi connectivity index (χ4n) is 3.65. The molecule has 29 heavy (non-hydrogen) atoms. The number of pyridine rings is 1. The average Bonchev–Trinajstić information content (AvgIpc) is 2.79. The van der Waals surface area contributed by atoms with Crippen molar-refractivity contribution in [2.75, 3.05) is 44.2 Å². The summed E-state index contributed by atoms with van der Waals surface area (Å²) >= 11 is 0. The van der Waals surface area contributed by atoms with Crippen molar-refractivity contribution < 1.29 is 9.13 Å². The minimum absolute atomic E-state index is 0.215. The molecule has 0 N–H and O–H groups in total. The molecule has 4 rings (SSSR count). The molecule has 0 bridgehead atoms. The molecule has 1 fully saturated rings. The Balaban J connectivity index is 1.17. The maximum Gasteiger partial charge on any atom is 0.123 e. The third-order valence-corrected chi connectivity index (χ3v) is 5.32. The van der Waals surface area contributed by atoms with Gasteiger partial charge < -0.3 is 9.64 Å². The van der Waals surface area contributed by atoms with Crippen LogP contribution in [0.1, 0.15) is 6.42 Å². The Hall–Kier alpha value is -2.92. The second-order valence-electron chi connectivity index (χ2n) is 7.27. The van der Waals surface area contributed by atoms with Gasteiger partial charge in [-0.25, -0.2) is 4.39 Å². The minimum atomic E-state index is -0.215. The van der Waals surface area contributed by atoms with E-state index in [9.17, 15) is 4.39 Å². The van der Waals surface area contributed by atoms with E-state index in [1.165, 1.54) is 17.8 Å². The molecule has 1 aliphatic heterocycles. The summed E-state index contributed by atoms with van der Waals surface area (Å²) in [7, 11) is 0. The van der Waals surface area contributed by atoms with Gasteiger partial charge in [0.1, 0.15) is 11.6 Å². The first kappa shape index (κ1) is 19.4. The van der Waals surface area contributed by atoms with Crippen LogP contribution in [0.4, 0.5) is 10.1 Å². The summed E-state index contributed by atoms with van der Waals surface area (Å²) in [6, 6.07) is 18.7. The summed E-state index contributed by atoms with van der Waals surface area (Å²) < 4.78 is 18.9. The molecular weight excluding hydrogens is 365 g/mol. The highest BCUT2D eigenvalue weighted by atomic mass is 19.1. The largest absolute Gasteiger partial charge is 0.494 e. The molecule has 1 aromatic heterocycles. The van der Waals surface area contributed by atoms with Gasteiger partial charge in [0.25, 0.3) is 0 Å². The van der Waals surface area contributed by atoms with Crippen LogP contribution in [-0.2, 0) is 0 Å². The topological polar surface area (TPSA) is 28.6 Å². The lowest BCUT2D eigenvalue weighted by Gasteiger charge is -2.36. The van der Waals surface area contributed by atoms with Crippen LogP contribution in [0.5, 0.6) is 5.75 Å². The van der Waals surface area contributed by atoms with E-state index >= 15 is 0 Å². The molecule has 3 aromatic rings. The Labute approximate surface area is 171 Å². The van der Waals surface area contributed by atoms with Crippen molar-refractivity contribution in [3.8, 4) is 16.9 Å². The fourth-order valence-corrected chi connectivity index (χ4v) is 3.65. The van der Waals surface area contributed by atoms with Crippen molar-refractivity contribution in [2.24, 2.45) is 0 Å². The molecule has 2 heterocycles. The second kappa shape index (κ2) is 9.52. The molecule has 5 heteroatoms. The van der Waals surface area contributed by atoms with Crippen LogP contribution in [0.25, 0.3) is 11.1 Å². The summed E-state index contributed by atoms with van der Waals surface area (Å²) in [5.74, 6) is 0.658. The molecule has 0 atom stereocenters. The highest BCUT2D eigenvalue weighted by Gasteiger charge is 2.16. The number of benzene rings is 2. The maximum absolute atomic E-state index is 13.0. The number of anilines is 1. The molecule has 0 aliphatic carbocycles. The normalized spacial score (nSPS) is 14.7. The first-order chi connectivity index (χ1) is 14.3. The molecule has 2 aromatic carbocycles. The van der Waals surface area contributed by atoms with E-state index in [4.69, 9.17) is 4.74 Å². The number of hydrogen-bond donors (Lipinski definition) is 0. The Morgan fingerprint density at radius 2 is 1.41 bits per heavy atom. The Morgan fingerprint density at radius 3 is 2.07 bits per heavy atom. The summed E-state index contributed by atoms with van der Waals surface area (Å²) in [6.45, 7) is 6.02. The van der Waals surface area contributed by atoms with Gasteiger partial charge in [-0.15, -0.1) is 0 Å². The predicted molar refractivity (Wildman–Crippen MR) is 115 cm³/mol. The van der Waals surface area contributed by atoms with E-state index in [1.54, 1.807) is 12.1 Å². The predicted octanol–water partition coefficient (Wildman–Crippen LogP) is 4.48. The highest BCUT2D eigenvalue weighted by molar-refractivity contribution is 5.64. The number of halogens is 1. The van der Waals surface area contributed by atoms with Gasteiger partial charge in [-0.3, -0.25) is 9.88 Å². The summed E-state index contributed by atoms with van der Waals surface area (Å²) in [5, 5.41) is 0. The van der Waals surface area contributed by atoms with Gasteiger partial charge in [-0.1, -0.05) is 24.3 Å². The third kappa shape index (κ3) is 5.33.